The molecule has 1 aliphatic rings. The minimum atomic E-state index is -0.583. The average molecular weight is 452 g/mol. The quantitative estimate of drug-likeness (QED) is 0.572. The first-order valence-corrected chi connectivity index (χ1v) is 10.8. The lowest BCUT2D eigenvalue weighted by Gasteiger charge is -2.26. The van der Waals surface area contributed by atoms with Gasteiger partial charge in [0.1, 0.15) is 5.75 Å². The summed E-state index contributed by atoms with van der Waals surface area (Å²) in [4.78, 5) is 40.7. The van der Waals surface area contributed by atoms with E-state index in [4.69, 9.17) is 9.47 Å². The van der Waals surface area contributed by atoms with Crippen molar-refractivity contribution < 1.29 is 23.9 Å². The maximum Gasteiger partial charge on any atom is 0.338 e. The number of hydrogen-bond donors (Lipinski definition) is 2. The predicted octanol–water partition coefficient (Wildman–Crippen LogP) is 3.81. The zero-order chi connectivity index (χ0) is 22.7. The Morgan fingerprint density at radius 3 is 2.69 bits per heavy atom. The molecule has 0 aliphatic carbocycles. The summed E-state index contributed by atoms with van der Waals surface area (Å²) in [6.07, 6.45) is 0.689. The van der Waals surface area contributed by atoms with E-state index < -0.39 is 11.9 Å². The zero-order valence-corrected chi connectivity index (χ0v) is 18.3. The maximum absolute atomic E-state index is 12.7. The van der Waals surface area contributed by atoms with Crippen molar-refractivity contribution in [3.63, 3.8) is 0 Å². The topological polar surface area (TPSA) is 107 Å². The Bertz CT molecular complexity index is 1190. The number of anilines is 1. The standard InChI is InChI=1S/C23H21N3O5S/c1-13(27)24-18-9-10-31-20-8-7-14(11-17(18)20)19-12-32-23(25-19)26-21(28)15-5-3-4-6-16(15)22(29)30-2/h3-8,11-12,18H,9-10H2,1-2H3,(H,24,27)(H,25,26,28). The number of hydrogen-bond acceptors (Lipinski definition) is 7. The minimum Gasteiger partial charge on any atom is -0.493 e. The molecule has 32 heavy (non-hydrogen) atoms. The molecule has 0 radical (unpaired) electrons. The molecule has 2 aromatic carbocycles. The van der Waals surface area contributed by atoms with Crippen molar-refractivity contribution in [2.45, 2.75) is 19.4 Å². The van der Waals surface area contributed by atoms with Gasteiger partial charge in [0.2, 0.25) is 5.91 Å². The Hall–Kier alpha value is -3.72. The summed E-state index contributed by atoms with van der Waals surface area (Å²) in [5, 5.41) is 7.93. The Labute approximate surface area is 188 Å². The molecule has 4 rings (SSSR count). The number of esters is 1. The summed E-state index contributed by atoms with van der Waals surface area (Å²) in [6.45, 7) is 2.03. The molecule has 2 N–H and O–H groups in total. The van der Waals surface area contributed by atoms with E-state index in [-0.39, 0.29) is 23.1 Å². The second-order valence-corrected chi connectivity index (χ2v) is 8.03. The third-order valence-corrected chi connectivity index (χ3v) is 5.78. The van der Waals surface area contributed by atoms with Crippen LogP contribution in [0.2, 0.25) is 0 Å². The average Bonchev–Trinajstić information content (AvgIpc) is 3.26. The van der Waals surface area contributed by atoms with Crippen molar-refractivity contribution in [3.05, 3.63) is 64.5 Å². The van der Waals surface area contributed by atoms with Crippen LogP contribution >= 0.6 is 11.3 Å². The first kappa shape index (κ1) is 21.5. The Morgan fingerprint density at radius 2 is 1.94 bits per heavy atom. The molecule has 1 unspecified atom stereocenters. The number of carbonyl (C=O) groups excluding carboxylic acids is 3. The van der Waals surface area contributed by atoms with E-state index in [0.717, 1.165) is 16.9 Å². The summed E-state index contributed by atoms with van der Waals surface area (Å²) in [5.74, 6) is -0.391. The molecular formula is C23H21N3O5S. The maximum atomic E-state index is 12.7. The fourth-order valence-electron chi connectivity index (χ4n) is 3.55. The van der Waals surface area contributed by atoms with Crippen LogP contribution in [0, 0.1) is 0 Å². The number of aromatic nitrogens is 1. The minimum absolute atomic E-state index is 0.0980. The smallest absolute Gasteiger partial charge is 0.338 e. The summed E-state index contributed by atoms with van der Waals surface area (Å²) >= 11 is 1.28. The molecule has 1 atom stereocenters. The van der Waals surface area contributed by atoms with Crippen molar-refractivity contribution >= 4 is 34.3 Å². The van der Waals surface area contributed by atoms with Crippen LogP contribution in [0.15, 0.2) is 47.8 Å². The van der Waals surface area contributed by atoms with Crippen LogP contribution in [0.4, 0.5) is 5.13 Å². The van der Waals surface area contributed by atoms with Gasteiger partial charge in [-0.3, -0.25) is 14.9 Å². The normalized spacial score (nSPS) is 14.6. The molecule has 2 heterocycles. The highest BCUT2D eigenvalue weighted by Crippen LogP contribution is 2.36. The molecule has 164 valence electrons. The second-order valence-electron chi connectivity index (χ2n) is 7.17. The lowest BCUT2D eigenvalue weighted by molar-refractivity contribution is -0.119. The molecule has 1 aromatic heterocycles. The van der Waals surface area contributed by atoms with Crippen LogP contribution in [0.3, 0.4) is 0 Å². The molecule has 0 spiro atoms. The largest absolute Gasteiger partial charge is 0.493 e. The van der Waals surface area contributed by atoms with E-state index in [2.05, 4.69) is 15.6 Å². The summed E-state index contributed by atoms with van der Waals surface area (Å²) < 4.78 is 10.5. The lowest BCUT2D eigenvalue weighted by atomic mass is 9.97. The number of nitrogens with zero attached hydrogens (tertiary/aromatic N) is 1. The van der Waals surface area contributed by atoms with Gasteiger partial charge in [-0.15, -0.1) is 11.3 Å². The fourth-order valence-corrected chi connectivity index (χ4v) is 4.26. The van der Waals surface area contributed by atoms with E-state index in [9.17, 15) is 14.4 Å². The number of rotatable bonds is 5. The van der Waals surface area contributed by atoms with Crippen LogP contribution < -0.4 is 15.4 Å². The number of fused-ring (bicyclic) bond motifs is 1. The zero-order valence-electron chi connectivity index (χ0n) is 17.5. The predicted molar refractivity (Wildman–Crippen MR) is 120 cm³/mol. The molecule has 0 fully saturated rings. The van der Waals surface area contributed by atoms with E-state index in [1.165, 1.54) is 31.4 Å². The highest BCUT2D eigenvalue weighted by Gasteiger charge is 2.23. The van der Waals surface area contributed by atoms with Crippen molar-refractivity contribution in [1.82, 2.24) is 10.3 Å². The van der Waals surface area contributed by atoms with E-state index >= 15 is 0 Å². The first-order chi connectivity index (χ1) is 15.5. The highest BCUT2D eigenvalue weighted by molar-refractivity contribution is 7.14. The molecule has 9 heteroatoms. The van der Waals surface area contributed by atoms with Crippen molar-refractivity contribution in [2.24, 2.45) is 0 Å². The number of ether oxygens (including phenoxy) is 2. The van der Waals surface area contributed by atoms with Gasteiger partial charge in [0.05, 0.1) is 36.6 Å². The third-order valence-electron chi connectivity index (χ3n) is 5.02. The number of carbonyl (C=O) groups is 3. The Kier molecular flexibility index (Phi) is 6.18. The molecule has 2 amide bonds. The number of nitrogens with one attached hydrogen (secondary N) is 2. The van der Waals surface area contributed by atoms with Gasteiger partial charge in [-0.2, -0.15) is 0 Å². The monoisotopic (exact) mass is 451 g/mol. The van der Waals surface area contributed by atoms with Crippen molar-refractivity contribution in [3.8, 4) is 17.0 Å². The van der Waals surface area contributed by atoms with Gasteiger partial charge in [0, 0.05) is 29.9 Å². The van der Waals surface area contributed by atoms with Crippen LogP contribution in [-0.4, -0.2) is 36.5 Å². The van der Waals surface area contributed by atoms with Crippen LogP contribution in [0.5, 0.6) is 5.75 Å². The van der Waals surface area contributed by atoms with E-state index in [0.29, 0.717) is 23.9 Å². The van der Waals surface area contributed by atoms with Gasteiger partial charge in [-0.05, 0) is 30.3 Å². The van der Waals surface area contributed by atoms with Gasteiger partial charge < -0.3 is 14.8 Å². The Balaban J connectivity index is 1.56. The van der Waals surface area contributed by atoms with Crippen molar-refractivity contribution in [2.75, 3.05) is 19.0 Å². The van der Waals surface area contributed by atoms with Gasteiger partial charge in [-0.25, -0.2) is 9.78 Å². The molecular weight excluding hydrogens is 430 g/mol. The number of methoxy groups -OCH3 is 1. The van der Waals surface area contributed by atoms with Crippen LogP contribution in [0.25, 0.3) is 11.3 Å². The molecule has 3 aromatic rings. The second kappa shape index (κ2) is 9.19. The van der Waals surface area contributed by atoms with E-state index in [1.54, 1.807) is 18.2 Å². The summed E-state index contributed by atoms with van der Waals surface area (Å²) in [5.41, 5.74) is 2.82. The molecule has 8 nitrogen and oxygen atoms in total. The molecule has 0 saturated carbocycles. The summed E-state index contributed by atoms with van der Waals surface area (Å²) in [7, 11) is 1.27. The van der Waals surface area contributed by atoms with Crippen LogP contribution in [-0.2, 0) is 9.53 Å². The van der Waals surface area contributed by atoms with Gasteiger partial charge >= 0.3 is 5.97 Å². The van der Waals surface area contributed by atoms with E-state index in [1.807, 2.05) is 23.6 Å². The highest BCUT2D eigenvalue weighted by atomic mass is 32.1. The van der Waals surface area contributed by atoms with Crippen molar-refractivity contribution in [1.29, 1.82) is 0 Å². The first-order valence-electron chi connectivity index (χ1n) is 9.94. The fraction of sp³-hybridized carbons (Fsp3) is 0.217. The van der Waals surface area contributed by atoms with Gasteiger partial charge in [0.25, 0.3) is 5.91 Å². The summed E-state index contributed by atoms with van der Waals surface area (Å²) in [6, 6.07) is 12.0. The number of thiazole rings is 1. The third kappa shape index (κ3) is 4.47. The molecule has 0 saturated heterocycles. The SMILES string of the molecule is COC(=O)c1ccccc1C(=O)Nc1nc(-c2ccc3c(c2)C(NC(C)=O)CCO3)cs1. The number of amides is 2. The molecule has 0 bridgehead atoms. The van der Waals surface area contributed by atoms with Gasteiger partial charge in [0.15, 0.2) is 5.13 Å². The van der Waals surface area contributed by atoms with Crippen LogP contribution in [0.1, 0.15) is 45.7 Å². The van der Waals surface area contributed by atoms with Gasteiger partial charge in [-0.1, -0.05) is 12.1 Å². The lowest BCUT2D eigenvalue weighted by Crippen LogP contribution is -2.30. The Morgan fingerprint density at radius 1 is 1.16 bits per heavy atom. The molecule has 1 aliphatic heterocycles. The number of benzene rings is 2.